The van der Waals surface area contributed by atoms with Gasteiger partial charge in [0.2, 0.25) is 0 Å². The van der Waals surface area contributed by atoms with Crippen LogP contribution in [0.5, 0.6) is 0 Å². The number of hydrogen-bond donors (Lipinski definition) is 1. The number of nitrogens with zero attached hydrogens (tertiary/aromatic N) is 1. The molecule has 1 N–H and O–H groups in total. The SMILES string of the molecule is CCCCc1ccc(-c2ccc(CN3CCC(C(=O)O)CC3)cc2)cc1. The molecule has 0 radical (unpaired) electrons. The van der Waals surface area contributed by atoms with Gasteiger partial charge < -0.3 is 5.11 Å². The molecule has 1 aliphatic rings. The maximum Gasteiger partial charge on any atom is 0.306 e. The zero-order valence-corrected chi connectivity index (χ0v) is 15.7. The summed E-state index contributed by atoms with van der Waals surface area (Å²) in [6, 6.07) is 17.7. The Balaban J connectivity index is 1.56. The lowest BCUT2D eigenvalue weighted by atomic mass is 9.96. The van der Waals surface area contributed by atoms with Gasteiger partial charge in [-0.05, 0) is 61.0 Å². The number of carboxylic acids is 1. The Morgan fingerprint density at radius 3 is 2.00 bits per heavy atom. The molecular weight excluding hydrogens is 322 g/mol. The van der Waals surface area contributed by atoms with Gasteiger partial charge >= 0.3 is 5.97 Å². The monoisotopic (exact) mass is 351 g/mol. The Hall–Kier alpha value is -2.13. The Morgan fingerprint density at radius 2 is 1.50 bits per heavy atom. The number of carboxylic acid groups (broad SMARTS) is 1. The predicted octanol–water partition coefficient (Wildman–Crippen LogP) is 4.99. The number of piperidine rings is 1. The molecule has 3 rings (SSSR count). The average Bonchev–Trinajstić information content (AvgIpc) is 2.68. The molecule has 26 heavy (non-hydrogen) atoms. The van der Waals surface area contributed by atoms with Crippen LogP contribution in [0.3, 0.4) is 0 Å². The largest absolute Gasteiger partial charge is 0.481 e. The van der Waals surface area contributed by atoms with Crippen molar-refractivity contribution in [2.45, 2.75) is 45.6 Å². The predicted molar refractivity (Wildman–Crippen MR) is 106 cm³/mol. The molecule has 138 valence electrons. The van der Waals surface area contributed by atoms with E-state index in [4.69, 9.17) is 5.11 Å². The van der Waals surface area contributed by atoms with E-state index in [2.05, 4.69) is 60.4 Å². The normalized spacial score (nSPS) is 15.9. The number of rotatable bonds is 7. The van der Waals surface area contributed by atoms with Gasteiger partial charge in [0.05, 0.1) is 5.92 Å². The lowest BCUT2D eigenvalue weighted by Crippen LogP contribution is -2.35. The molecule has 1 saturated heterocycles. The molecule has 2 aromatic carbocycles. The lowest BCUT2D eigenvalue weighted by molar-refractivity contribution is -0.143. The summed E-state index contributed by atoms with van der Waals surface area (Å²) in [6.07, 6.45) is 5.17. The fraction of sp³-hybridized carbons (Fsp3) is 0.435. The van der Waals surface area contributed by atoms with E-state index < -0.39 is 5.97 Å². The van der Waals surface area contributed by atoms with Crippen LogP contribution in [0.4, 0.5) is 0 Å². The molecule has 0 saturated carbocycles. The van der Waals surface area contributed by atoms with E-state index in [1.165, 1.54) is 35.1 Å². The second-order valence-corrected chi connectivity index (χ2v) is 7.39. The van der Waals surface area contributed by atoms with Crippen molar-refractivity contribution < 1.29 is 9.90 Å². The van der Waals surface area contributed by atoms with Crippen LogP contribution in [-0.2, 0) is 17.8 Å². The van der Waals surface area contributed by atoms with E-state index in [1.54, 1.807) is 0 Å². The lowest BCUT2D eigenvalue weighted by Gasteiger charge is -2.30. The van der Waals surface area contributed by atoms with Crippen LogP contribution in [-0.4, -0.2) is 29.1 Å². The number of unbranched alkanes of at least 4 members (excludes halogenated alkanes) is 1. The summed E-state index contributed by atoms with van der Waals surface area (Å²) in [7, 11) is 0. The van der Waals surface area contributed by atoms with E-state index in [1.807, 2.05) is 0 Å². The van der Waals surface area contributed by atoms with E-state index in [9.17, 15) is 4.79 Å². The Labute approximate surface area is 156 Å². The van der Waals surface area contributed by atoms with Crippen molar-refractivity contribution in [2.24, 2.45) is 5.92 Å². The topological polar surface area (TPSA) is 40.5 Å². The van der Waals surface area contributed by atoms with Crippen molar-refractivity contribution >= 4 is 5.97 Å². The van der Waals surface area contributed by atoms with Crippen molar-refractivity contribution in [1.82, 2.24) is 4.90 Å². The molecular formula is C23H29NO2. The highest BCUT2D eigenvalue weighted by Gasteiger charge is 2.24. The average molecular weight is 351 g/mol. The number of aliphatic carboxylic acids is 1. The van der Waals surface area contributed by atoms with Crippen molar-refractivity contribution in [2.75, 3.05) is 13.1 Å². The highest BCUT2D eigenvalue weighted by atomic mass is 16.4. The zero-order chi connectivity index (χ0) is 18.4. The van der Waals surface area contributed by atoms with Crippen LogP contribution in [0.15, 0.2) is 48.5 Å². The van der Waals surface area contributed by atoms with Gasteiger partial charge in [-0.2, -0.15) is 0 Å². The summed E-state index contributed by atoms with van der Waals surface area (Å²) in [5.74, 6) is -0.802. The van der Waals surface area contributed by atoms with E-state index in [-0.39, 0.29) is 5.92 Å². The minimum absolute atomic E-state index is 0.158. The summed E-state index contributed by atoms with van der Waals surface area (Å²) >= 11 is 0. The molecule has 1 aliphatic heterocycles. The first kappa shape index (κ1) is 18.7. The number of hydrogen-bond acceptors (Lipinski definition) is 2. The van der Waals surface area contributed by atoms with Gasteiger partial charge in [0, 0.05) is 6.54 Å². The number of benzene rings is 2. The highest BCUT2D eigenvalue weighted by molar-refractivity contribution is 5.70. The fourth-order valence-corrected chi connectivity index (χ4v) is 3.64. The summed E-state index contributed by atoms with van der Waals surface area (Å²) in [5, 5.41) is 9.09. The molecule has 0 unspecified atom stereocenters. The number of carbonyl (C=O) groups is 1. The Kier molecular flexibility index (Phi) is 6.45. The fourth-order valence-electron chi connectivity index (χ4n) is 3.64. The summed E-state index contributed by atoms with van der Waals surface area (Å²) in [4.78, 5) is 13.4. The standard InChI is InChI=1S/C23H29NO2/c1-2-3-4-18-5-9-20(10-6-18)21-11-7-19(8-12-21)17-24-15-13-22(14-16-24)23(25)26/h5-12,22H,2-4,13-17H2,1H3,(H,25,26). The number of aryl methyl sites for hydroxylation is 1. The summed E-state index contributed by atoms with van der Waals surface area (Å²) < 4.78 is 0. The maximum absolute atomic E-state index is 11.0. The van der Waals surface area contributed by atoms with Crippen LogP contribution < -0.4 is 0 Å². The quantitative estimate of drug-likeness (QED) is 0.764. The smallest absolute Gasteiger partial charge is 0.306 e. The second-order valence-electron chi connectivity index (χ2n) is 7.39. The van der Waals surface area contributed by atoms with Crippen LogP contribution in [0.1, 0.15) is 43.7 Å². The molecule has 0 bridgehead atoms. The van der Waals surface area contributed by atoms with Gasteiger partial charge in [-0.25, -0.2) is 0 Å². The van der Waals surface area contributed by atoms with Gasteiger partial charge in [-0.15, -0.1) is 0 Å². The molecule has 0 atom stereocenters. The highest BCUT2D eigenvalue weighted by Crippen LogP contribution is 2.23. The molecule has 0 aliphatic carbocycles. The van der Waals surface area contributed by atoms with Crippen LogP contribution in [0.2, 0.25) is 0 Å². The molecule has 2 aromatic rings. The molecule has 1 fully saturated rings. The van der Waals surface area contributed by atoms with E-state index >= 15 is 0 Å². The van der Waals surface area contributed by atoms with E-state index in [0.29, 0.717) is 0 Å². The molecule has 0 aromatic heterocycles. The molecule has 3 nitrogen and oxygen atoms in total. The summed E-state index contributed by atoms with van der Waals surface area (Å²) in [6.45, 7) is 4.88. The minimum Gasteiger partial charge on any atom is -0.481 e. The van der Waals surface area contributed by atoms with Crippen molar-refractivity contribution in [3.63, 3.8) is 0 Å². The zero-order valence-electron chi connectivity index (χ0n) is 15.7. The molecule has 1 heterocycles. The molecule has 0 spiro atoms. The van der Waals surface area contributed by atoms with Gasteiger partial charge in [-0.3, -0.25) is 9.69 Å². The first-order valence-electron chi connectivity index (χ1n) is 9.79. The van der Waals surface area contributed by atoms with Crippen LogP contribution in [0.25, 0.3) is 11.1 Å². The third-order valence-electron chi connectivity index (χ3n) is 5.40. The maximum atomic E-state index is 11.0. The van der Waals surface area contributed by atoms with Crippen molar-refractivity contribution in [1.29, 1.82) is 0 Å². The molecule has 0 amide bonds. The van der Waals surface area contributed by atoms with E-state index in [0.717, 1.165) is 38.9 Å². The van der Waals surface area contributed by atoms with Crippen LogP contribution >= 0.6 is 0 Å². The molecule has 3 heteroatoms. The number of likely N-dealkylation sites (tertiary alicyclic amines) is 1. The third-order valence-corrected chi connectivity index (χ3v) is 5.40. The van der Waals surface area contributed by atoms with Gasteiger partial charge in [-0.1, -0.05) is 61.9 Å². The van der Waals surface area contributed by atoms with Crippen molar-refractivity contribution in [3.8, 4) is 11.1 Å². The Bertz CT molecular complexity index is 698. The first-order valence-corrected chi connectivity index (χ1v) is 9.79. The van der Waals surface area contributed by atoms with Gasteiger partial charge in [0.1, 0.15) is 0 Å². The summed E-state index contributed by atoms with van der Waals surface area (Å²) in [5.41, 5.74) is 5.22. The van der Waals surface area contributed by atoms with Gasteiger partial charge in [0.25, 0.3) is 0 Å². The third kappa shape index (κ3) is 4.95. The van der Waals surface area contributed by atoms with Crippen LogP contribution in [0, 0.1) is 5.92 Å². The van der Waals surface area contributed by atoms with Gasteiger partial charge in [0.15, 0.2) is 0 Å². The minimum atomic E-state index is -0.644. The Morgan fingerprint density at radius 1 is 0.962 bits per heavy atom. The second kappa shape index (κ2) is 9.00. The first-order chi connectivity index (χ1) is 12.7. The van der Waals surface area contributed by atoms with Crippen molar-refractivity contribution in [3.05, 3.63) is 59.7 Å².